The number of phenols is 2. The van der Waals surface area contributed by atoms with E-state index in [4.69, 9.17) is 11.6 Å². The van der Waals surface area contributed by atoms with E-state index in [0.29, 0.717) is 10.2 Å². The van der Waals surface area contributed by atoms with Crippen molar-refractivity contribution < 1.29 is 15.0 Å². The number of benzene rings is 2. The van der Waals surface area contributed by atoms with Crippen LogP contribution < -0.4 is 5.32 Å². The number of hydrogen-bond acceptors (Lipinski definition) is 3. The lowest BCUT2D eigenvalue weighted by Gasteiger charge is -2.09. The van der Waals surface area contributed by atoms with Crippen molar-refractivity contribution in [2.45, 2.75) is 0 Å². The van der Waals surface area contributed by atoms with Crippen molar-refractivity contribution in [3.63, 3.8) is 0 Å². The normalized spacial score (nSPS) is 10.2. The topological polar surface area (TPSA) is 69.6 Å². The number of halogens is 2. The molecule has 2 rings (SSSR count). The lowest BCUT2D eigenvalue weighted by Crippen LogP contribution is -2.12. The Hall–Kier alpha value is -1.72. The molecule has 2 aromatic rings. The number of carbonyl (C=O) groups excluding carboxylic acids is 1. The zero-order chi connectivity index (χ0) is 14.0. The Morgan fingerprint density at radius 1 is 1.16 bits per heavy atom. The zero-order valence-corrected chi connectivity index (χ0v) is 11.9. The fraction of sp³-hybridized carbons (Fsp3) is 0. The maximum atomic E-state index is 12.0. The minimum absolute atomic E-state index is 0.00879. The molecular formula is C13H9BrClNO3. The van der Waals surface area contributed by atoms with Crippen LogP contribution in [-0.4, -0.2) is 16.1 Å². The average molecular weight is 343 g/mol. The van der Waals surface area contributed by atoms with Crippen LogP contribution in [0.4, 0.5) is 5.69 Å². The second-order valence-corrected chi connectivity index (χ2v) is 5.10. The Morgan fingerprint density at radius 2 is 1.89 bits per heavy atom. The first-order valence-corrected chi connectivity index (χ1v) is 6.43. The second-order valence-electron chi connectivity index (χ2n) is 3.78. The van der Waals surface area contributed by atoms with Gasteiger partial charge >= 0.3 is 0 Å². The molecule has 6 heteroatoms. The second kappa shape index (κ2) is 5.50. The van der Waals surface area contributed by atoms with E-state index < -0.39 is 5.91 Å². The van der Waals surface area contributed by atoms with Gasteiger partial charge in [0.1, 0.15) is 11.5 Å². The van der Waals surface area contributed by atoms with Crippen LogP contribution in [0.1, 0.15) is 10.4 Å². The largest absolute Gasteiger partial charge is 0.508 e. The Kier molecular flexibility index (Phi) is 3.97. The average Bonchev–Trinajstić information content (AvgIpc) is 2.32. The van der Waals surface area contributed by atoms with Crippen LogP contribution >= 0.6 is 27.5 Å². The van der Waals surface area contributed by atoms with Crippen molar-refractivity contribution >= 4 is 39.1 Å². The van der Waals surface area contributed by atoms with Crippen molar-refractivity contribution in [2.24, 2.45) is 0 Å². The molecule has 0 aliphatic carbocycles. The highest BCUT2D eigenvalue weighted by molar-refractivity contribution is 9.10. The van der Waals surface area contributed by atoms with E-state index in [1.165, 1.54) is 30.3 Å². The van der Waals surface area contributed by atoms with Crippen molar-refractivity contribution in [1.29, 1.82) is 0 Å². The molecular weight excluding hydrogens is 334 g/mol. The first kappa shape index (κ1) is 13.7. The maximum absolute atomic E-state index is 12.0. The first-order chi connectivity index (χ1) is 8.97. The van der Waals surface area contributed by atoms with Gasteiger partial charge in [-0.1, -0.05) is 27.5 Å². The number of hydrogen-bond donors (Lipinski definition) is 3. The molecule has 0 radical (unpaired) electrons. The molecule has 0 aromatic heterocycles. The Balaban J connectivity index is 2.25. The lowest BCUT2D eigenvalue weighted by atomic mass is 10.2. The molecule has 2 aromatic carbocycles. The van der Waals surface area contributed by atoms with Crippen LogP contribution in [0.25, 0.3) is 0 Å². The first-order valence-electron chi connectivity index (χ1n) is 5.26. The molecule has 0 spiro atoms. The van der Waals surface area contributed by atoms with Gasteiger partial charge in [0.2, 0.25) is 0 Å². The zero-order valence-electron chi connectivity index (χ0n) is 9.52. The van der Waals surface area contributed by atoms with Gasteiger partial charge < -0.3 is 15.5 Å². The summed E-state index contributed by atoms with van der Waals surface area (Å²) in [5.41, 5.74) is 0.485. The molecule has 1 amide bonds. The molecule has 0 atom stereocenters. The SMILES string of the molecule is O=C(Nc1ccc(O)cc1Cl)c1ccc(Br)cc1O. The molecule has 98 valence electrons. The summed E-state index contributed by atoms with van der Waals surface area (Å²) in [5.74, 6) is -0.617. The fourth-order valence-electron chi connectivity index (χ4n) is 1.49. The third-order valence-electron chi connectivity index (χ3n) is 2.41. The molecule has 3 N–H and O–H groups in total. The Bertz CT molecular complexity index is 646. The summed E-state index contributed by atoms with van der Waals surface area (Å²) in [5, 5.41) is 21.7. The standard InChI is InChI=1S/C13H9BrClNO3/c14-7-1-3-9(12(18)5-7)13(19)16-11-4-2-8(17)6-10(11)15/h1-6,17-18H,(H,16,19). The number of rotatable bonds is 2. The van der Waals surface area contributed by atoms with Crippen molar-refractivity contribution in [3.05, 3.63) is 51.5 Å². The maximum Gasteiger partial charge on any atom is 0.259 e. The van der Waals surface area contributed by atoms with Crippen LogP contribution in [0.3, 0.4) is 0 Å². The van der Waals surface area contributed by atoms with Gasteiger partial charge in [-0.2, -0.15) is 0 Å². The van der Waals surface area contributed by atoms with Gasteiger partial charge in [0.25, 0.3) is 5.91 Å². The highest BCUT2D eigenvalue weighted by Gasteiger charge is 2.13. The third kappa shape index (κ3) is 3.19. The van der Waals surface area contributed by atoms with E-state index >= 15 is 0 Å². The van der Waals surface area contributed by atoms with E-state index in [2.05, 4.69) is 21.2 Å². The Morgan fingerprint density at radius 3 is 2.53 bits per heavy atom. The summed E-state index contributed by atoms with van der Waals surface area (Å²) in [4.78, 5) is 12.0. The van der Waals surface area contributed by atoms with Crippen LogP contribution in [0, 0.1) is 0 Å². The van der Waals surface area contributed by atoms with E-state index in [1.807, 2.05) is 0 Å². The van der Waals surface area contributed by atoms with Gasteiger partial charge in [0, 0.05) is 10.5 Å². The van der Waals surface area contributed by atoms with Crippen LogP contribution in [0.2, 0.25) is 5.02 Å². The monoisotopic (exact) mass is 341 g/mol. The molecule has 0 aliphatic rings. The van der Waals surface area contributed by atoms with Gasteiger partial charge in [-0.25, -0.2) is 0 Å². The lowest BCUT2D eigenvalue weighted by molar-refractivity contribution is 0.102. The highest BCUT2D eigenvalue weighted by Crippen LogP contribution is 2.28. The minimum Gasteiger partial charge on any atom is -0.508 e. The Labute approximate surface area is 122 Å². The number of anilines is 1. The van der Waals surface area contributed by atoms with E-state index in [0.717, 1.165) is 0 Å². The predicted octanol–water partition coefficient (Wildman–Crippen LogP) is 3.77. The smallest absolute Gasteiger partial charge is 0.259 e. The minimum atomic E-state index is -0.488. The summed E-state index contributed by atoms with van der Waals surface area (Å²) in [6.45, 7) is 0. The molecule has 19 heavy (non-hydrogen) atoms. The number of phenolic OH excluding ortho intramolecular Hbond substituents is 2. The molecule has 0 fully saturated rings. The van der Waals surface area contributed by atoms with Crippen molar-refractivity contribution in [3.8, 4) is 11.5 Å². The number of amides is 1. The van der Waals surface area contributed by atoms with Gasteiger partial charge in [-0.05, 0) is 30.3 Å². The van der Waals surface area contributed by atoms with Gasteiger partial charge in [0.15, 0.2) is 0 Å². The van der Waals surface area contributed by atoms with Gasteiger partial charge in [-0.3, -0.25) is 4.79 Å². The summed E-state index contributed by atoms with van der Waals surface area (Å²) < 4.78 is 0.671. The van der Waals surface area contributed by atoms with Crippen LogP contribution in [-0.2, 0) is 0 Å². The summed E-state index contributed by atoms with van der Waals surface area (Å²) in [6.07, 6.45) is 0. The van der Waals surface area contributed by atoms with Gasteiger partial charge in [-0.15, -0.1) is 0 Å². The highest BCUT2D eigenvalue weighted by atomic mass is 79.9. The van der Waals surface area contributed by atoms with Crippen molar-refractivity contribution in [1.82, 2.24) is 0 Å². The molecule has 0 saturated heterocycles. The van der Waals surface area contributed by atoms with E-state index in [9.17, 15) is 15.0 Å². The van der Waals surface area contributed by atoms with Gasteiger partial charge in [0.05, 0.1) is 16.3 Å². The van der Waals surface area contributed by atoms with Crippen LogP contribution in [0.15, 0.2) is 40.9 Å². The quantitative estimate of drug-likeness (QED) is 0.728. The molecule has 0 saturated carbocycles. The van der Waals surface area contributed by atoms with Crippen LogP contribution in [0.5, 0.6) is 11.5 Å². The van der Waals surface area contributed by atoms with Crippen molar-refractivity contribution in [2.75, 3.05) is 5.32 Å². The summed E-state index contributed by atoms with van der Waals surface area (Å²) >= 11 is 9.07. The molecule has 4 nitrogen and oxygen atoms in total. The third-order valence-corrected chi connectivity index (χ3v) is 3.21. The summed E-state index contributed by atoms with van der Waals surface area (Å²) in [6, 6.07) is 8.76. The molecule has 0 heterocycles. The van der Waals surface area contributed by atoms with E-state index in [-0.39, 0.29) is 22.1 Å². The fourth-order valence-corrected chi connectivity index (χ4v) is 2.06. The molecule has 0 unspecified atom stereocenters. The number of nitrogens with one attached hydrogen (secondary N) is 1. The molecule has 0 bridgehead atoms. The van der Waals surface area contributed by atoms with E-state index in [1.54, 1.807) is 6.07 Å². The summed E-state index contributed by atoms with van der Waals surface area (Å²) in [7, 11) is 0. The number of aromatic hydroxyl groups is 2. The predicted molar refractivity (Wildman–Crippen MR) is 76.9 cm³/mol. The number of carbonyl (C=O) groups is 1. The molecule has 0 aliphatic heterocycles.